The number of benzene rings is 3. The van der Waals surface area contributed by atoms with E-state index in [1.54, 1.807) is 0 Å². The number of nitrogens with one attached hydrogen (secondary N) is 1. The smallest absolute Gasteiger partial charge is 0.142 e. The molecule has 29 heavy (non-hydrogen) atoms. The van der Waals surface area contributed by atoms with Crippen molar-refractivity contribution in [3.63, 3.8) is 0 Å². The fraction of sp³-hybridized carbons (Fsp3) is 0.280. The number of hydrogen-bond acceptors (Lipinski definition) is 4. The Balaban J connectivity index is 1.50. The number of ether oxygens (including phenoxy) is 3. The van der Waals surface area contributed by atoms with E-state index in [4.69, 9.17) is 14.2 Å². The number of hydrogen-bond donors (Lipinski definition) is 1. The van der Waals surface area contributed by atoms with Gasteiger partial charge in [-0.2, -0.15) is 0 Å². The van der Waals surface area contributed by atoms with Gasteiger partial charge >= 0.3 is 0 Å². The second-order valence-electron chi connectivity index (χ2n) is 6.63. The molecule has 4 nitrogen and oxygen atoms in total. The Morgan fingerprint density at radius 2 is 1.52 bits per heavy atom. The molecule has 0 fully saturated rings. The normalized spacial score (nSPS) is 10.5. The first-order chi connectivity index (χ1) is 14.3. The van der Waals surface area contributed by atoms with Crippen LogP contribution in [0.3, 0.4) is 0 Å². The Morgan fingerprint density at radius 3 is 2.38 bits per heavy atom. The highest BCUT2D eigenvalue weighted by Gasteiger charge is 2.04. The maximum absolute atomic E-state index is 5.94. The molecule has 0 spiro atoms. The van der Waals surface area contributed by atoms with E-state index in [1.165, 1.54) is 5.56 Å². The highest BCUT2D eigenvalue weighted by molar-refractivity contribution is 5.56. The molecule has 0 aromatic heterocycles. The van der Waals surface area contributed by atoms with Crippen LogP contribution in [0.1, 0.15) is 18.1 Å². The molecule has 3 rings (SSSR count). The molecule has 3 aromatic rings. The molecule has 0 saturated carbocycles. The molecule has 0 radical (unpaired) electrons. The van der Waals surface area contributed by atoms with Gasteiger partial charge in [0, 0.05) is 19.6 Å². The summed E-state index contributed by atoms with van der Waals surface area (Å²) < 4.78 is 17.1. The second kappa shape index (κ2) is 11.8. The van der Waals surface area contributed by atoms with Crippen LogP contribution in [0, 0.1) is 0 Å². The van der Waals surface area contributed by atoms with Gasteiger partial charge in [-0.05, 0) is 42.3 Å². The van der Waals surface area contributed by atoms with E-state index < -0.39 is 0 Å². The summed E-state index contributed by atoms with van der Waals surface area (Å²) in [6.45, 7) is 5.17. The lowest BCUT2D eigenvalue weighted by Gasteiger charge is -2.14. The molecule has 0 atom stereocenters. The van der Waals surface area contributed by atoms with Gasteiger partial charge < -0.3 is 19.5 Å². The van der Waals surface area contributed by atoms with Crippen LogP contribution >= 0.6 is 0 Å². The second-order valence-corrected chi connectivity index (χ2v) is 6.63. The van der Waals surface area contributed by atoms with Crippen molar-refractivity contribution in [3.8, 4) is 11.5 Å². The highest BCUT2D eigenvalue weighted by atomic mass is 16.5. The monoisotopic (exact) mass is 391 g/mol. The predicted octanol–water partition coefficient (Wildman–Crippen LogP) is 5.34. The lowest BCUT2D eigenvalue weighted by Crippen LogP contribution is -2.08. The Morgan fingerprint density at radius 1 is 0.724 bits per heavy atom. The molecule has 3 aromatic carbocycles. The zero-order chi connectivity index (χ0) is 20.2. The van der Waals surface area contributed by atoms with Gasteiger partial charge in [-0.15, -0.1) is 0 Å². The molecule has 0 aliphatic carbocycles. The van der Waals surface area contributed by atoms with Crippen molar-refractivity contribution in [1.82, 2.24) is 0 Å². The van der Waals surface area contributed by atoms with Gasteiger partial charge in [-0.3, -0.25) is 0 Å². The fourth-order valence-electron chi connectivity index (χ4n) is 2.97. The van der Waals surface area contributed by atoms with Gasteiger partial charge in [-0.25, -0.2) is 0 Å². The molecular formula is C25H29NO3. The molecule has 4 heteroatoms. The van der Waals surface area contributed by atoms with Crippen molar-refractivity contribution in [3.05, 3.63) is 90.0 Å². The third kappa shape index (κ3) is 7.16. The van der Waals surface area contributed by atoms with Crippen molar-refractivity contribution in [2.45, 2.75) is 19.9 Å². The summed E-state index contributed by atoms with van der Waals surface area (Å²) in [6, 6.07) is 26.6. The lowest BCUT2D eigenvalue weighted by atomic mass is 10.2. The average molecular weight is 392 g/mol. The molecule has 0 saturated heterocycles. The quantitative estimate of drug-likeness (QED) is 0.423. The third-order valence-corrected chi connectivity index (χ3v) is 4.46. The van der Waals surface area contributed by atoms with Gasteiger partial charge in [0.15, 0.2) is 0 Å². The van der Waals surface area contributed by atoms with Gasteiger partial charge in [0.25, 0.3) is 0 Å². The van der Waals surface area contributed by atoms with Gasteiger partial charge in [-0.1, -0.05) is 54.6 Å². The Hall–Kier alpha value is -2.98. The summed E-state index contributed by atoms with van der Waals surface area (Å²) in [5.74, 6) is 1.73. The minimum Gasteiger partial charge on any atom is -0.493 e. The Bertz CT molecular complexity index is 851. The van der Waals surface area contributed by atoms with Crippen LogP contribution in [-0.2, 0) is 17.7 Å². The first-order valence-corrected chi connectivity index (χ1v) is 10.1. The largest absolute Gasteiger partial charge is 0.493 e. The zero-order valence-corrected chi connectivity index (χ0v) is 17.0. The Labute approximate surface area is 173 Å². The maximum Gasteiger partial charge on any atom is 0.142 e. The number of rotatable bonds is 12. The van der Waals surface area contributed by atoms with Crippen molar-refractivity contribution in [1.29, 1.82) is 0 Å². The standard InChI is InChI=1S/C25H29NO3/c1-2-27-17-18-29-25-14-7-6-13-24(25)26-20-22-11-8-12-23(19-22)28-16-15-21-9-4-3-5-10-21/h3-14,19,26H,2,15-18,20H2,1H3. The van der Waals surface area contributed by atoms with Crippen molar-refractivity contribution < 1.29 is 14.2 Å². The van der Waals surface area contributed by atoms with Crippen LogP contribution in [-0.4, -0.2) is 26.4 Å². The van der Waals surface area contributed by atoms with E-state index in [9.17, 15) is 0 Å². The SMILES string of the molecule is CCOCCOc1ccccc1NCc1cccc(OCCc2ccccc2)c1. The number of anilines is 1. The van der Waals surface area contributed by atoms with Crippen molar-refractivity contribution >= 4 is 5.69 Å². The average Bonchev–Trinajstić information content (AvgIpc) is 2.77. The summed E-state index contributed by atoms with van der Waals surface area (Å²) in [6.07, 6.45) is 0.899. The lowest BCUT2D eigenvalue weighted by molar-refractivity contribution is 0.110. The summed E-state index contributed by atoms with van der Waals surface area (Å²) in [4.78, 5) is 0. The van der Waals surface area contributed by atoms with Gasteiger partial charge in [0.1, 0.15) is 18.1 Å². The van der Waals surface area contributed by atoms with Crippen molar-refractivity contribution in [2.75, 3.05) is 31.7 Å². The fourth-order valence-corrected chi connectivity index (χ4v) is 2.97. The highest BCUT2D eigenvalue weighted by Crippen LogP contribution is 2.25. The zero-order valence-electron chi connectivity index (χ0n) is 17.0. The van der Waals surface area contributed by atoms with Crippen LogP contribution in [0.5, 0.6) is 11.5 Å². The van der Waals surface area contributed by atoms with E-state index in [-0.39, 0.29) is 0 Å². The molecule has 0 bridgehead atoms. The van der Waals surface area contributed by atoms with E-state index in [2.05, 4.69) is 41.7 Å². The molecule has 0 unspecified atom stereocenters. The summed E-state index contributed by atoms with van der Waals surface area (Å²) >= 11 is 0. The molecule has 0 aliphatic rings. The van der Waals surface area contributed by atoms with Crippen molar-refractivity contribution in [2.24, 2.45) is 0 Å². The van der Waals surface area contributed by atoms with Crippen LogP contribution < -0.4 is 14.8 Å². The summed E-state index contributed by atoms with van der Waals surface area (Å²) in [5, 5.41) is 3.46. The predicted molar refractivity (Wildman–Crippen MR) is 118 cm³/mol. The summed E-state index contributed by atoms with van der Waals surface area (Å²) in [7, 11) is 0. The van der Waals surface area contributed by atoms with Crippen LogP contribution in [0.4, 0.5) is 5.69 Å². The van der Waals surface area contributed by atoms with Gasteiger partial charge in [0.2, 0.25) is 0 Å². The third-order valence-electron chi connectivity index (χ3n) is 4.46. The Kier molecular flexibility index (Phi) is 8.42. The van der Waals surface area contributed by atoms with Crippen LogP contribution in [0.25, 0.3) is 0 Å². The minimum absolute atomic E-state index is 0.539. The van der Waals surface area contributed by atoms with Crippen LogP contribution in [0.15, 0.2) is 78.9 Å². The van der Waals surface area contributed by atoms with Gasteiger partial charge in [0.05, 0.1) is 18.9 Å². The summed E-state index contributed by atoms with van der Waals surface area (Å²) in [5.41, 5.74) is 3.41. The van der Waals surface area contributed by atoms with E-state index in [0.29, 0.717) is 33.0 Å². The maximum atomic E-state index is 5.94. The molecule has 0 amide bonds. The molecule has 0 aliphatic heterocycles. The van der Waals surface area contributed by atoms with Crippen LogP contribution in [0.2, 0.25) is 0 Å². The molecule has 152 valence electrons. The molecule has 0 heterocycles. The first-order valence-electron chi connectivity index (χ1n) is 10.1. The van der Waals surface area contributed by atoms with E-state index in [1.807, 2.05) is 49.4 Å². The molecule has 1 N–H and O–H groups in total. The number of para-hydroxylation sites is 2. The van der Waals surface area contributed by atoms with E-state index in [0.717, 1.165) is 29.2 Å². The first kappa shape index (κ1) is 20.7. The topological polar surface area (TPSA) is 39.7 Å². The molecular weight excluding hydrogens is 362 g/mol. The van der Waals surface area contributed by atoms with E-state index >= 15 is 0 Å². The minimum atomic E-state index is 0.539.